The number of aliphatic hydroxyl groups excluding tert-OH is 1. The first-order valence-corrected chi connectivity index (χ1v) is 5.72. The van der Waals surface area contributed by atoms with Gasteiger partial charge in [0, 0.05) is 0 Å². The van der Waals surface area contributed by atoms with Gasteiger partial charge in [0.05, 0.1) is 6.10 Å². The predicted molar refractivity (Wildman–Crippen MR) is 56.5 cm³/mol. The van der Waals surface area contributed by atoms with E-state index in [2.05, 4.69) is 27.7 Å². The van der Waals surface area contributed by atoms with Crippen molar-refractivity contribution in [1.82, 2.24) is 0 Å². The van der Waals surface area contributed by atoms with Crippen LogP contribution < -0.4 is 0 Å². The lowest BCUT2D eigenvalue weighted by Crippen LogP contribution is -2.38. The van der Waals surface area contributed by atoms with Gasteiger partial charge in [-0.3, -0.25) is 0 Å². The Bertz CT molecular complexity index is 151. The fraction of sp³-hybridized carbons (Fsp3) is 1.00. The van der Waals surface area contributed by atoms with Crippen LogP contribution in [0.2, 0.25) is 0 Å². The Hall–Kier alpha value is -0.0400. The van der Waals surface area contributed by atoms with E-state index in [1.807, 2.05) is 0 Å². The molecule has 0 aromatic heterocycles. The standard InChI is InChI=1S/C12H24O/c1-8(2)10-6-5-7-11(13)12(10)9(3)4/h8-13H,5-7H2,1-4H3. The molecule has 78 valence electrons. The summed E-state index contributed by atoms with van der Waals surface area (Å²) in [6, 6.07) is 0. The smallest absolute Gasteiger partial charge is 0.0573 e. The largest absolute Gasteiger partial charge is 0.393 e. The quantitative estimate of drug-likeness (QED) is 0.699. The van der Waals surface area contributed by atoms with Crippen LogP contribution in [0.3, 0.4) is 0 Å². The zero-order valence-electron chi connectivity index (χ0n) is 9.46. The Labute approximate surface area is 82.5 Å². The van der Waals surface area contributed by atoms with Crippen molar-refractivity contribution in [1.29, 1.82) is 0 Å². The third-order valence-corrected chi connectivity index (χ3v) is 3.60. The Balaban J connectivity index is 2.68. The molecule has 0 amide bonds. The van der Waals surface area contributed by atoms with Gasteiger partial charge in [0.2, 0.25) is 0 Å². The van der Waals surface area contributed by atoms with Gasteiger partial charge in [0.1, 0.15) is 0 Å². The Kier molecular flexibility index (Phi) is 3.78. The topological polar surface area (TPSA) is 20.2 Å². The molecule has 1 saturated carbocycles. The van der Waals surface area contributed by atoms with E-state index in [0.29, 0.717) is 11.8 Å². The maximum atomic E-state index is 9.96. The van der Waals surface area contributed by atoms with Crippen LogP contribution in [0.4, 0.5) is 0 Å². The van der Waals surface area contributed by atoms with Crippen LogP contribution in [-0.2, 0) is 0 Å². The first kappa shape index (κ1) is 11.0. The van der Waals surface area contributed by atoms with Crippen LogP contribution in [0.25, 0.3) is 0 Å². The molecule has 13 heavy (non-hydrogen) atoms. The Morgan fingerprint density at radius 2 is 1.62 bits per heavy atom. The van der Waals surface area contributed by atoms with Crippen molar-refractivity contribution in [3.63, 3.8) is 0 Å². The van der Waals surface area contributed by atoms with Crippen molar-refractivity contribution in [2.45, 2.75) is 53.1 Å². The summed E-state index contributed by atoms with van der Waals surface area (Å²) in [6.07, 6.45) is 3.51. The molecule has 1 rings (SSSR count). The minimum atomic E-state index is -0.0406. The highest BCUT2D eigenvalue weighted by atomic mass is 16.3. The van der Waals surface area contributed by atoms with Gasteiger partial charge in [0.25, 0.3) is 0 Å². The van der Waals surface area contributed by atoms with E-state index >= 15 is 0 Å². The summed E-state index contributed by atoms with van der Waals surface area (Å²) in [6.45, 7) is 9.07. The average molecular weight is 184 g/mol. The summed E-state index contributed by atoms with van der Waals surface area (Å²) in [5, 5.41) is 9.96. The first-order chi connectivity index (χ1) is 6.04. The molecule has 1 nitrogen and oxygen atoms in total. The third kappa shape index (κ3) is 2.46. The van der Waals surface area contributed by atoms with Crippen LogP contribution >= 0.6 is 0 Å². The van der Waals surface area contributed by atoms with Crippen molar-refractivity contribution in [2.24, 2.45) is 23.7 Å². The average Bonchev–Trinajstić information content (AvgIpc) is 2.02. The second kappa shape index (κ2) is 4.45. The molecule has 3 atom stereocenters. The lowest BCUT2D eigenvalue weighted by Gasteiger charge is -2.40. The van der Waals surface area contributed by atoms with E-state index in [1.54, 1.807) is 0 Å². The summed E-state index contributed by atoms with van der Waals surface area (Å²) >= 11 is 0. The van der Waals surface area contributed by atoms with Crippen LogP contribution in [0.15, 0.2) is 0 Å². The van der Waals surface area contributed by atoms with Gasteiger partial charge in [-0.15, -0.1) is 0 Å². The van der Waals surface area contributed by atoms with Crippen LogP contribution in [0, 0.1) is 23.7 Å². The summed E-state index contributed by atoms with van der Waals surface area (Å²) in [7, 11) is 0. The van der Waals surface area contributed by atoms with E-state index in [0.717, 1.165) is 18.3 Å². The molecule has 3 unspecified atom stereocenters. The van der Waals surface area contributed by atoms with Crippen molar-refractivity contribution in [2.75, 3.05) is 0 Å². The number of aliphatic hydroxyl groups is 1. The molecule has 1 heteroatoms. The third-order valence-electron chi connectivity index (χ3n) is 3.60. The van der Waals surface area contributed by atoms with E-state index in [4.69, 9.17) is 0 Å². The van der Waals surface area contributed by atoms with Crippen molar-refractivity contribution in [3.05, 3.63) is 0 Å². The first-order valence-electron chi connectivity index (χ1n) is 5.72. The number of rotatable bonds is 2. The molecule has 1 N–H and O–H groups in total. The molecule has 1 aliphatic rings. The molecule has 0 spiro atoms. The van der Waals surface area contributed by atoms with Gasteiger partial charge in [-0.1, -0.05) is 34.1 Å². The van der Waals surface area contributed by atoms with Crippen LogP contribution in [0.1, 0.15) is 47.0 Å². The van der Waals surface area contributed by atoms with Crippen molar-refractivity contribution >= 4 is 0 Å². The van der Waals surface area contributed by atoms with E-state index in [-0.39, 0.29) is 6.10 Å². The summed E-state index contributed by atoms with van der Waals surface area (Å²) in [5.41, 5.74) is 0. The molecule has 0 heterocycles. The molecule has 0 aromatic rings. The SMILES string of the molecule is CC(C)C1CCCC(O)C1C(C)C. The molecule has 0 bridgehead atoms. The number of hydrogen-bond donors (Lipinski definition) is 1. The molecule has 1 aliphatic carbocycles. The molecule has 1 fully saturated rings. The summed E-state index contributed by atoms with van der Waals surface area (Å²) in [5.74, 6) is 2.63. The molecule has 0 radical (unpaired) electrons. The lowest BCUT2D eigenvalue weighted by atomic mass is 9.67. The second-order valence-electron chi connectivity index (χ2n) is 5.23. The van der Waals surface area contributed by atoms with E-state index in [1.165, 1.54) is 12.8 Å². The van der Waals surface area contributed by atoms with E-state index in [9.17, 15) is 5.11 Å². The predicted octanol–water partition coefficient (Wildman–Crippen LogP) is 3.08. The molecule has 0 aromatic carbocycles. The van der Waals surface area contributed by atoms with Gasteiger partial charge in [-0.2, -0.15) is 0 Å². The van der Waals surface area contributed by atoms with Gasteiger partial charge >= 0.3 is 0 Å². The molecule has 0 aliphatic heterocycles. The highest BCUT2D eigenvalue weighted by molar-refractivity contribution is 4.85. The Morgan fingerprint density at radius 1 is 1.00 bits per heavy atom. The molecule has 0 saturated heterocycles. The van der Waals surface area contributed by atoms with Crippen LogP contribution in [-0.4, -0.2) is 11.2 Å². The van der Waals surface area contributed by atoms with Crippen molar-refractivity contribution in [3.8, 4) is 0 Å². The maximum Gasteiger partial charge on any atom is 0.0573 e. The van der Waals surface area contributed by atoms with Gasteiger partial charge < -0.3 is 5.11 Å². The molecular formula is C12H24O. The zero-order valence-corrected chi connectivity index (χ0v) is 9.46. The number of hydrogen-bond acceptors (Lipinski definition) is 1. The van der Waals surface area contributed by atoms with Gasteiger partial charge in [-0.25, -0.2) is 0 Å². The fourth-order valence-corrected chi connectivity index (χ4v) is 2.95. The minimum absolute atomic E-state index is 0.0406. The highest BCUT2D eigenvalue weighted by Crippen LogP contribution is 2.39. The van der Waals surface area contributed by atoms with E-state index < -0.39 is 0 Å². The molecular weight excluding hydrogens is 160 g/mol. The maximum absolute atomic E-state index is 9.96. The van der Waals surface area contributed by atoms with Gasteiger partial charge in [0.15, 0.2) is 0 Å². The second-order valence-corrected chi connectivity index (χ2v) is 5.23. The van der Waals surface area contributed by atoms with Gasteiger partial charge in [-0.05, 0) is 36.5 Å². The minimum Gasteiger partial charge on any atom is -0.393 e. The summed E-state index contributed by atoms with van der Waals surface area (Å²) < 4.78 is 0. The fourth-order valence-electron chi connectivity index (χ4n) is 2.95. The normalized spacial score (nSPS) is 35.8. The zero-order chi connectivity index (χ0) is 10.0. The van der Waals surface area contributed by atoms with Crippen molar-refractivity contribution < 1.29 is 5.11 Å². The highest BCUT2D eigenvalue weighted by Gasteiger charge is 2.35. The lowest BCUT2D eigenvalue weighted by molar-refractivity contribution is -0.00866. The monoisotopic (exact) mass is 184 g/mol. The summed E-state index contributed by atoms with van der Waals surface area (Å²) in [4.78, 5) is 0. The van der Waals surface area contributed by atoms with Crippen LogP contribution in [0.5, 0.6) is 0 Å². The Morgan fingerprint density at radius 3 is 2.00 bits per heavy atom.